The van der Waals surface area contributed by atoms with Gasteiger partial charge in [-0.3, -0.25) is 4.79 Å². The maximum absolute atomic E-state index is 12.0. The van der Waals surface area contributed by atoms with Gasteiger partial charge < -0.3 is 14.7 Å². The van der Waals surface area contributed by atoms with E-state index in [9.17, 15) is 9.90 Å². The number of nitrogens with zero attached hydrogens (tertiary/aromatic N) is 1. The Kier molecular flexibility index (Phi) is 5.82. The first-order chi connectivity index (χ1) is 8.81. The number of hydrogen-bond acceptors (Lipinski definition) is 3. The number of aliphatic hydroxyl groups is 1. The van der Waals surface area contributed by atoms with Gasteiger partial charge in [0.1, 0.15) is 5.75 Å². The van der Waals surface area contributed by atoms with Gasteiger partial charge >= 0.3 is 0 Å². The first-order valence-corrected chi connectivity index (χ1v) is 6.99. The fourth-order valence-electron chi connectivity index (χ4n) is 1.61. The lowest BCUT2D eigenvalue weighted by atomic mass is 10.1. The highest BCUT2D eigenvalue weighted by Gasteiger charge is 2.21. The lowest BCUT2D eigenvalue weighted by molar-refractivity contribution is -0.136. The van der Waals surface area contributed by atoms with Crippen LogP contribution in [0.5, 0.6) is 5.75 Å². The molecule has 0 aromatic heterocycles. The highest BCUT2D eigenvalue weighted by Crippen LogP contribution is 2.16. The van der Waals surface area contributed by atoms with Gasteiger partial charge in [0.05, 0.1) is 5.60 Å². The molecule has 19 heavy (non-hydrogen) atoms. The van der Waals surface area contributed by atoms with Crippen LogP contribution in [0.3, 0.4) is 0 Å². The molecule has 0 fully saturated rings. The molecule has 0 atom stereocenters. The second-order valence-electron chi connectivity index (χ2n) is 4.96. The molecule has 0 aliphatic rings. The van der Waals surface area contributed by atoms with E-state index >= 15 is 0 Å². The average Bonchev–Trinajstić information content (AvgIpc) is 2.34. The van der Waals surface area contributed by atoms with E-state index in [2.05, 4.69) is 15.9 Å². The zero-order chi connectivity index (χ0) is 14.5. The molecule has 0 spiro atoms. The largest absolute Gasteiger partial charge is 0.484 e. The standard InChI is InChI=1S/C14H20BrNO3/c1-4-16(10-14(2,3)18)13(17)9-19-12-7-5-11(15)6-8-12/h5-8,18H,4,9-10H2,1-3H3. The number of amides is 1. The summed E-state index contributed by atoms with van der Waals surface area (Å²) in [5.41, 5.74) is -0.900. The second-order valence-corrected chi connectivity index (χ2v) is 5.88. The van der Waals surface area contributed by atoms with Gasteiger partial charge in [-0.25, -0.2) is 0 Å². The third-order valence-corrected chi connectivity index (χ3v) is 3.02. The molecule has 0 radical (unpaired) electrons. The Balaban J connectivity index is 2.51. The summed E-state index contributed by atoms with van der Waals surface area (Å²) < 4.78 is 6.39. The zero-order valence-electron chi connectivity index (χ0n) is 11.5. The molecule has 5 heteroatoms. The van der Waals surface area contributed by atoms with E-state index in [4.69, 9.17) is 4.74 Å². The molecule has 0 heterocycles. The smallest absolute Gasteiger partial charge is 0.260 e. The zero-order valence-corrected chi connectivity index (χ0v) is 13.1. The van der Waals surface area contributed by atoms with Crippen LogP contribution >= 0.6 is 15.9 Å². The van der Waals surface area contributed by atoms with Crippen molar-refractivity contribution < 1.29 is 14.6 Å². The lowest BCUT2D eigenvalue weighted by Crippen LogP contribution is -2.44. The molecular weight excluding hydrogens is 310 g/mol. The molecule has 0 saturated heterocycles. The van der Waals surface area contributed by atoms with Gasteiger partial charge in [0.15, 0.2) is 6.61 Å². The molecule has 1 aromatic rings. The van der Waals surface area contributed by atoms with E-state index in [1.165, 1.54) is 0 Å². The molecule has 4 nitrogen and oxygen atoms in total. The number of benzene rings is 1. The normalized spacial score (nSPS) is 11.2. The Hall–Kier alpha value is -1.07. The molecule has 0 unspecified atom stereocenters. The second kappa shape index (κ2) is 6.91. The van der Waals surface area contributed by atoms with Crippen molar-refractivity contribution in [2.75, 3.05) is 19.7 Å². The molecule has 1 aromatic carbocycles. The van der Waals surface area contributed by atoms with Crippen LogP contribution in [0.2, 0.25) is 0 Å². The third kappa shape index (κ3) is 6.07. The van der Waals surface area contributed by atoms with Crippen molar-refractivity contribution >= 4 is 21.8 Å². The van der Waals surface area contributed by atoms with Gasteiger partial charge in [0, 0.05) is 17.6 Å². The van der Waals surface area contributed by atoms with Crippen LogP contribution in [0.4, 0.5) is 0 Å². The minimum atomic E-state index is -0.900. The number of rotatable bonds is 6. The van der Waals surface area contributed by atoms with Gasteiger partial charge in [0.2, 0.25) is 0 Å². The van der Waals surface area contributed by atoms with Crippen LogP contribution in [0.15, 0.2) is 28.7 Å². The van der Waals surface area contributed by atoms with Crippen LogP contribution in [-0.4, -0.2) is 41.2 Å². The van der Waals surface area contributed by atoms with Crippen molar-refractivity contribution in [3.63, 3.8) is 0 Å². The van der Waals surface area contributed by atoms with Crippen LogP contribution < -0.4 is 4.74 Å². The lowest BCUT2D eigenvalue weighted by Gasteiger charge is -2.28. The molecule has 106 valence electrons. The molecule has 0 bridgehead atoms. The number of ether oxygens (including phenoxy) is 1. The summed E-state index contributed by atoms with van der Waals surface area (Å²) in [5.74, 6) is 0.517. The van der Waals surface area contributed by atoms with Crippen molar-refractivity contribution in [1.29, 1.82) is 0 Å². The van der Waals surface area contributed by atoms with Crippen LogP contribution in [0.25, 0.3) is 0 Å². The van der Waals surface area contributed by atoms with E-state index in [1.807, 2.05) is 19.1 Å². The highest BCUT2D eigenvalue weighted by molar-refractivity contribution is 9.10. The van der Waals surface area contributed by atoms with Gasteiger partial charge in [-0.1, -0.05) is 15.9 Å². The molecule has 0 saturated carbocycles. The first kappa shape index (κ1) is 16.0. The Morgan fingerprint density at radius 1 is 1.37 bits per heavy atom. The van der Waals surface area contributed by atoms with Crippen molar-refractivity contribution in [2.45, 2.75) is 26.4 Å². The van der Waals surface area contributed by atoms with Crippen LogP contribution in [-0.2, 0) is 4.79 Å². The summed E-state index contributed by atoms with van der Waals surface area (Å²) in [4.78, 5) is 13.6. The maximum atomic E-state index is 12.0. The quantitative estimate of drug-likeness (QED) is 0.872. The van der Waals surface area contributed by atoms with E-state index in [0.717, 1.165) is 4.47 Å². The average molecular weight is 330 g/mol. The summed E-state index contributed by atoms with van der Waals surface area (Å²) in [7, 11) is 0. The Bertz CT molecular complexity index is 412. The predicted octanol–water partition coefficient (Wildman–Crippen LogP) is 2.45. The summed E-state index contributed by atoms with van der Waals surface area (Å²) >= 11 is 3.33. The van der Waals surface area contributed by atoms with Gasteiger partial charge in [-0.15, -0.1) is 0 Å². The van der Waals surface area contributed by atoms with E-state index in [1.54, 1.807) is 30.9 Å². The summed E-state index contributed by atoms with van der Waals surface area (Å²) in [6.45, 7) is 6.06. The number of carbonyl (C=O) groups is 1. The van der Waals surface area contributed by atoms with Gasteiger partial charge in [-0.2, -0.15) is 0 Å². The summed E-state index contributed by atoms with van der Waals surface area (Å²) in [6.07, 6.45) is 0. The summed E-state index contributed by atoms with van der Waals surface area (Å²) in [5, 5.41) is 9.74. The number of carbonyl (C=O) groups excluding carboxylic acids is 1. The van der Waals surface area contributed by atoms with Crippen LogP contribution in [0, 0.1) is 0 Å². The highest BCUT2D eigenvalue weighted by atomic mass is 79.9. The fraction of sp³-hybridized carbons (Fsp3) is 0.500. The number of likely N-dealkylation sites (N-methyl/N-ethyl adjacent to an activating group) is 1. The number of hydrogen-bond donors (Lipinski definition) is 1. The maximum Gasteiger partial charge on any atom is 0.260 e. The minimum Gasteiger partial charge on any atom is -0.484 e. The van der Waals surface area contributed by atoms with Crippen LogP contribution in [0.1, 0.15) is 20.8 Å². The third-order valence-electron chi connectivity index (χ3n) is 2.49. The molecular formula is C14H20BrNO3. The van der Waals surface area contributed by atoms with E-state index in [-0.39, 0.29) is 12.5 Å². The monoisotopic (exact) mass is 329 g/mol. The van der Waals surface area contributed by atoms with Gasteiger partial charge in [-0.05, 0) is 45.0 Å². The first-order valence-electron chi connectivity index (χ1n) is 6.20. The molecule has 1 rings (SSSR count). The fourth-order valence-corrected chi connectivity index (χ4v) is 1.87. The Morgan fingerprint density at radius 3 is 2.42 bits per heavy atom. The van der Waals surface area contributed by atoms with Crippen molar-refractivity contribution in [3.8, 4) is 5.75 Å². The van der Waals surface area contributed by atoms with Crippen molar-refractivity contribution in [2.24, 2.45) is 0 Å². The molecule has 0 aliphatic carbocycles. The molecule has 0 aliphatic heterocycles. The van der Waals surface area contributed by atoms with E-state index < -0.39 is 5.60 Å². The minimum absolute atomic E-state index is 0.0223. The number of halogens is 1. The van der Waals surface area contributed by atoms with Crippen molar-refractivity contribution in [3.05, 3.63) is 28.7 Å². The topological polar surface area (TPSA) is 49.8 Å². The van der Waals surface area contributed by atoms with E-state index in [0.29, 0.717) is 18.8 Å². The molecule has 1 amide bonds. The predicted molar refractivity (Wildman–Crippen MR) is 78.2 cm³/mol. The Labute approximate surface area is 122 Å². The summed E-state index contributed by atoms with van der Waals surface area (Å²) in [6, 6.07) is 7.30. The Morgan fingerprint density at radius 2 is 1.95 bits per heavy atom. The SMILES string of the molecule is CCN(CC(C)(C)O)C(=O)COc1ccc(Br)cc1. The van der Waals surface area contributed by atoms with Crippen molar-refractivity contribution in [1.82, 2.24) is 4.90 Å². The van der Waals surface area contributed by atoms with Gasteiger partial charge in [0.25, 0.3) is 5.91 Å². The molecule has 1 N–H and O–H groups in total.